The molecule has 0 aliphatic heterocycles. The third-order valence-electron chi connectivity index (χ3n) is 0.957. The zero-order chi connectivity index (χ0) is 9.49. The Balaban J connectivity index is 0. The van der Waals surface area contributed by atoms with Crippen molar-refractivity contribution in [2.75, 3.05) is 0 Å². The molecule has 0 aliphatic rings. The predicted molar refractivity (Wildman–Crippen MR) is 64.3 cm³/mol. The van der Waals surface area contributed by atoms with Gasteiger partial charge in [0.25, 0.3) is 7.63 Å². The SMILES string of the molecule is C[SiH](C)O[SiH3].C[Si](C)(Cl)O[SiH3]. The van der Waals surface area contributed by atoms with Gasteiger partial charge in [-0.3, -0.25) is 0 Å². The maximum atomic E-state index is 5.67. The summed E-state index contributed by atoms with van der Waals surface area (Å²) in [4.78, 5) is 0. The first-order valence-corrected chi connectivity index (χ1v) is 11.9. The molecule has 70 valence electrons. The Morgan fingerprint density at radius 1 is 1.27 bits per heavy atom. The molecule has 0 aromatic rings. The molecule has 0 atom stereocenters. The third kappa shape index (κ3) is 24.7. The van der Waals surface area contributed by atoms with Crippen LogP contribution in [0.5, 0.6) is 0 Å². The summed E-state index contributed by atoms with van der Waals surface area (Å²) in [5.74, 6) is 0. The van der Waals surface area contributed by atoms with E-state index in [1.807, 2.05) is 13.1 Å². The van der Waals surface area contributed by atoms with Crippen molar-refractivity contribution in [2.45, 2.75) is 26.2 Å². The van der Waals surface area contributed by atoms with Gasteiger partial charge in [0.05, 0.1) is 0 Å². The second-order valence-corrected chi connectivity index (χ2v) is 13.9. The smallest absolute Gasteiger partial charge is 0.273 e. The van der Waals surface area contributed by atoms with E-state index in [4.69, 9.17) is 19.3 Å². The molecule has 0 spiro atoms. The van der Waals surface area contributed by atoms with Crippen LogP contribution in [0.2, 0.25) is 26.2 Å². The molecule has 0 N–H and O–H groups in total. The van der Waals surface area contributed by atoms with Crippen molar-refractivity contribution in [2.24, 2.45) is 0 Å². The molecule has 2 nitrogen and oxygen atoms in total. The van der Waals surface area contributed by atoms with Crippen LogP contribution in [0, 0.1) is 0 Å². The highest BCUT2D eigenvalue weighted by Gasteiger charge is 2.13. The van der Waals surface area contributed by atoms with E-state index in [0.717, 1.165) is 21.0 Å². The summed E-state index contributed by atoms with van der Waals surface area (Å²) in [5, 5.41) is 0. The molecule has 0 heterocycles. The molecule has 0 aromatic carbocycles. The minimum atomic E-state index is -1.60. The Bertz CT molecular complexity index is 84.7. The summed E-state index contributed by atoms with van der Waals surface area (Å²) < 4.78 is 10.0. The lowest BCUT2D eigenvalue weighted by Gasteiger charge is -2.07. The van der Waals surface area contributed by atoms with E-state index in [-0.39, 0.29) is 0 Å². The minimum Gasteiger partial charge on any atom is -0.466 e. The van der Waals surface area contributed by atoms with Crippen LogP contribution >= 0.6 is 11.1 Å². The maximum absolute atomic E-state index is 5.67. The highest BCUT2D eigenvalue weighted by atomic mass is 35.6. The zero-order valence-corrected chi connectivity index (χ0v) is 15.2. The zero-order valence-electron chi connectivity index (χ0n) is 8.27. The summed E-state index contributed by atoms with van der Waals surface area (Å²) in [6.45, 7) is 8.27. The van der Waals surface area contributed by atoms with Crippen molar-refractivity contribution in [3.8, 4) is 0 Å². The molecule has 0 aliphatic carbocycles. The Morgan fingerprint density at radius 2 is 1.45 bits per heavy atom. The van der Waals surface area contributed by atoms with Gasteiger partial charge in [0.15, 0.2) is 9.04 Å². The number of hydrogen-bond acceptors (Lipinski definition) is 2. The van der Waals surface area contributed by atoms with Gasteiger partial charge in [0.2, 0.25) is 0 Å². The van der Waals surface area contributed by atoms with Gasteiger partial charge in [-0.1, -0.05) is 0 Å². The first kappa shape index (κ1) is 14.6. The molecule has 0 saturated heterocycles. The quantitative estimate of drug-likeness (QED) is 0.483. The van der Waals surface area contributed by atoms with E-state index in [2.05, 4.69) is 13.1 Å². The number of rotatable bonds is 2. The standard InChI is InChI=1S/C2H9ClOSi2.C2H10OSi2/c1-6(2,3)4-5;1-5(2)3-4/h1-2,5H3;5H,1-2,4H3. The van der Waals surface area contributed by atoms with Crippen LogP contribution in [-0.2, 0) is 8.23 Å². The van der Waals surface area contributed by atoms with Crippen molar-refractivity contribution in [3.05, 3.63) is 0 Å². The lowest BCUT2D eigenvalue weighted by Crippen LogP contribution is -2.19. The first-order valence-electron chi connectivity index (χ1n) is 3.60. The van der Waals surface area contributed by atoms with E-state index in [1.54, 1.807) is 0 Å². The second kappa shape index (κ2) is 7.71. The Morgan fingerprint density at radius 3 is 1.45 bits per heavy atom. The van der Waals surface area contributed by atoms with E-state index >= 15 is 0 Å². The largest absolute Gasteiger partial charge is 0.466 e. The van der Waals surface area contributed by atoms with Gasteiger partial charge in [-0.05, 0) is 26.2 Å². The van der Waals surface area contributed by atoms with Crippen molar-refractivity contribution in [1.82, 2.24) is 0 Å². The lowest BCUT2D eigenvalue weighted by molar-refractivity contribution is 0.637. The molecular weight excluding hydrogens is 228 g/mol. The van der Waals surface area contributed by atoms with E-state index in [9.17, 15) is 0 Å². The van der Waals surface area contributed by atoms with E-state index in [0.29, 0.717) is 0 Å². The van der Waals surface area contributed by atoms with Crippen molar-refractivity contribution >= 4 is 48.7 Å². The molecule has 0 radical (unpaired) electrons. The maximum Gasteiger partial charge on any atom is 0.273 e. The molecule has 7 heteroatoms. The predicted octanol–water partition coefficient (Wildman–Crippen LogP) is -0.509. The summed E-state index contributed by atoms with van der Waals surface area (Å²) in [6, 6.07) is 0. The topological polar surface area (TPSA) is 18.5 Å². The third-order valence-corrected chi connectivity index (χ3v) is 10.00. The van der Waals surface area contributed by atoms with Gasteiger partial charge in [-0.2, -0.15) is 0 Å². The molecule has 0 aromatic heterocycles. The first-order chi connectivity index (χ1) is 4.83. The van der Waals surface area contributed by atoms with Gasteiger partial charge < -0.3 is 8.23 Å². The minimum absolute atomic E-state index is 0.588. The van der Waals surface area contributed by atoms with Crippen LogP contribution < -0.4 is 0 Å². The fraction of sp³-hybridized carbons (Fsp3) is 1.00. The van der Waals surface area contributed by atoms with Crippen molar-refractivity contribution < 1.29 is 8.23 Å². The van der Waals surface area contributed by atoms with Crippen LogP contribution in [-0.4, -0.2) is 37.6 Å². The summed E-state index contributed by atoms with van der Waals surface area (Å²) >= 11 is 5.67. The Kier molecular flexibility index (Phi) is 10.2. The highest BCUT2D eigenvalue weighted by molar-refractivity contribution is 7.16. The van der Waals surface area contributed by atoms with Gasteiger partial charge in [-0.25, -0.2) is 0 Å². The molecule has 0 saturated carbocycles. The Labute approximate surface area is 83.3 Å². The molecule has 0 unspecified atom stereocenters. The monoisotopic (exact) mass is 246 g/mol. The lowest BCUT2D eigenvalue weighted by atomic mass is 11.9. The van der Waals surface area contributed by atoms with Crippen molar-refractivity contribution in [1.29, 1.82) is 0 Å². The van der Waals surface area contributed by atoms with Crippen LogP contribution in [0.1, 0.15) is 0 Å². The van der Waals surface area contributed by atoms with Crippen molar-refractivity contribution in [3.63, 3.8) is 0 Å². The summed E-state index contributed by atoms with van der Waals surface area (Å²) in [6.07, 6.45) is 0. The Hall–Kier alpha value is 1.08. The molecule has 0 rings (SSSR count). The average molecular weight is 247 g/mol. The average Bonchev–Trinajstić information content (AvgIpc) is 1.88. The molecule has 0 amide bonds. The van der Waals surface area contributed by atoms with Gasteiger partial charge >= 0.3 is 0 Å². The van der Waals surface area contributed by atoms with Gasteiger partial charge in [0, 0.05) is 0 Å². The van der Waals surface area contributed by atoms with Gasteiger partial charge in [0.1, 0.15) is 21.0 Å². The second-order valence-electron chi connectivity index (χ2n) is 2.85. The van der Waals surface area contributed by atoms with Crippen LogP contribution in [0.3, 0.4) is 0 Å². The normalized spacial score (nSPS) is 11.5. The van der Waals surface area contributed by atoms with Crippen LogP contribution in [0.4, 0.5) is 0 Å². The molecule has 0 fully saturated rings. The van der Waals surface area contributed by atoms with Crippen LogP contribution in [0.25, 0.3) is 0 Å². The molecular formula is C4H19ClO2Si4. The van der Waals surface area contributed by atoms with Gasteiger partial charge in [-0.15, -0.1) is 11.1 Å². The fourth-order valence-electron chi connectivity index (χ4n) is 0. The summed E-state index contributed by atoms with van der Waals surface area (Å²) in [7, 11) is -0.472. The van der Waals surface area contributed by atoms with E-state index in [1.165, 1.54) is 0 Å². The highest BCUT2D eigenvalue weighted by Crippen LogP contribution is 2.04. The molecule has 0 bridgehead atoms. The number of halogens is 1. The molecule has 11 heavy (non-hydrogen) atoms. The number of hydrogen-bond donors (Lipinski definition) is 0. The van der Waals surface area contributed by atoms with Crippen LogP contribution in [0.15, 0.2) is 0 Å². The van der Waals surface area contributed by atoms with E-state index < -0.39 is 16.7 Å². The summed E-state index contributed by atoms with van der Waals surface area (Å²) in [5.41, 5.74) is 0. The fourth-order valence-corrected chi connectivity index (χ4v) is 0.